The van der Waals surface area contributed by atoms with Gasteiger partial charge in [-0.15, -0.1) is 0 Å². The first-order chi connectivity index (χ1) is 8.61. The molecule has 1 aromatic rings. The van der Waals surface area contributed by atoms with E-state index in [1.807, 2.05) is 11.8 Å². The van der Waals surface area contributed by atoms with Crippen LogP contribution in [0.5, 0.6) is 0 Å². The number of nitrogens with zero attached hydrogens (tertiary/aromatic N) is 2. The third-order valence-corrected chi connectivity index (χ3v) is 3.60. The van der Waals surface area contributed by atoms with Crippen molar-refractivity contribution in [1.82, 2.24) is 4.98 Å². The van der Waals surface area contributed by atoms with E-state index < -0.39 is 5.82 Å². The molecule has 2 N–H and O–H groups in total. The molecule has 4 nitrogen and oxygen atoms in total. The highest BCUT2D eigenvalue weighted by Crippen LogP contribution is 2.26. The quantitative estimate of drug-likeness (QED) is 0.854. The molecule has 1 fully saturated rings. The van der Waals surface area contributed by atoms with Crippen molar-refractivity contribution in [2.24, 2.45) is 5.92 Å². The lowest BCUT2D eigenvalue weighted by atomic mass is 9.92. The summed E-state index contributed by atoms with van der Waals surface area (Å²) in [6.07, 6.45) is 2.67. The van der Waals surface area contributed by atoms with Gasteiger partial charge in [-0.2, -0.15) is 0 Å². The van der Waals surface area contributed by atoms with E-state index in [1.54, 1.807) is 0 Å². The van der Waals surface area contributed by atoms with Gasteiger partial charge >= 0.3 is 0 Å². The summed E-state index contributed by atoms with van der Waals surface area (Å²) >= 11 is 0. The summed E-state index contributed by atoms with van der Waals surface area (Å²) in [4.78, 5) is 6.12. The maximum Gasteiger partial charge on any atom is 0.142 e. The van der Waals surface area contributed by atoms with E-state index >= 15 is 0 Å². The molecule has 1 unspecified atom stereocenters. The van der Waals surface area contributed by atoms with Crippen molar-refractivity contribution in [3.05, 3.63) is 23.6 Å². The van der Waals surface area contributed by atoms with Gasteiger partial charge in [-0.1, -0.05) is 0 Å². The second-order valence-electron chi connectivity index (χ2n) is 4.86. The average molecular weight is 254 g/mol. The van der Waals surface area contributed by atoms with Crippen molar-refractivity contribution >= 4 is 5.82 Å². The fourth-order valence-corrected chi connectivity index (χ4v) is 2.47. The van der Waals surface area contributed by atoms with Crippen LogP contribution in [-0.2, 0) is 6.61 Å². The van der Waals surface area contributed by atoms with Crippen molar-refractivity contribution in [3.8, 4) is 0 Å². The summed E-state index contributed by atoms with van der Waals surface area (Å²) in [6.45, 7) is 3.16. The van der Waals surface area contributed by atoms with Gasteiger partial charge in [-0.05, 0) is 31.7 Å². The SMILES string of the molecule is CC(O)C1CCN(c2ncc(F)cc2CO)CC1. The molecular weight excluding hydrogens is 235 g/mol. The molecule has 1 saturated heterocycles. The molecule has 18 heavy (non-hydrogen) atoms. The van der Waals surface area contributed by atoms with E-state index in [0.29, 0.717) is 17.3 Å². The van der Waals surface area contributed by atoms with Gasteiger partial charge in [0.1, 0.15) is 11.6 Å². The van der Waals surface area contributed by atoms with E-state index in [4.69, 9.17) is 0 Å². The van der Waals surface area contributed by atoms with Crippen LogP contribution >= 0.6 is 0 Å². The molecule has 0 amide bonds. The zero-order chi connectivity index (χ0) is 13.1. The fourth-order valence-electron chi connectivity index (χ4n) is 2.47. The second kappa shape index (κ2) is 5.63. The van der Waals surface area contributed by atoms with Gasteiger partial charge in [0.2, 0.25) is 0 Å². The number of piperidine rings is 1. The largest absolute Gasteiger partial charge is 0.393 e. The normalized spacial score (nSPS) is 19.0. The molecule has 0 aliphatic carbocycles. The van der Waals surface area contributed by atoms with Gasteiger partial charge in [-0.3, -0.25) is 0 Å². The van der Waals surface area contributed by atoms with Crippen LogP contribution in [0.15, 0.2) is 12.3 Å². The molecule has 2 heterocycles. The Kier molecular flexibility index (Phi) is 4.14. The number of rotatable bonds is 3. The van der Waals surface area contributed by atoms with Crippen LogP contribution < -0.4 is 4.90 Å². The van der Waals surface area contributed by atoms with Gasteiger partial charge in [0.25, 0.3) is 0 Å². The van der Waals surface area contributed by atoms with Crippen LogP contribution in [0.2, 0.25) is 0 Å². The Morgan fingerprint density at radius 3 is 2.72 bits per heavy atom. The predicted molar refractivity (Wildman–Crippen MR) is 66.7 cm³/mol. The molecular formula is C13H19FN2O2. The molecule has 0 radical (unpaired) electrons. The third-order valence-electron chi connectivity index (χ3n) is 3.60. The predicted octanol–water partition coefficient (Wildman–Crippen LogP) is 1.31. The fraction of sp³-hybridized carbons (Fsp3) is 0.615. The van der Waals surface area contributed by atoms with Crippen molar-refractivity contribution in [1.29, 1.82) is 0 Å². The van der Waals surface area contributed by atoms with Crippen molar-refractivity contribution in [2.45, 2.75) is 32.5 Å². The number of hydrogen-bond acceptors (Lipinski definition) is 4. The molecule has 100 valence electrons. The summed E-state index contributed by atoms with van der Waals surface area (Å²) in [6, 6.07) is 1.32. The van der Waals surface area contributed by atoms with Crippen LogP contribution in [0.4, 0.5) is 10.2 Å². The molecule has 0 bridgehead atoms. The number of halogens is 1. The van der Waals surface area contributed by atoms with E-state index in [2.05, 4.69) is 4.98 Å². The standard InChI is InChI=1S/C13H19FN2O2/c1-9(18)10-2-4-16(5-3-10)13-11(8-17)6-12(14)7-15-13/h6-7,9-10,17-18H,2-5,8H2,1H3. The van der Waals surface area contributed by atoms with Crippen LogP contribution in [0.3, 0.4) is 0 Å². The lowest BCUT2D eigenvalue weighted by Crippen LogP contribution is -2.38. The Morgan fingerprint density at radius 1 is 1.50 bits per heavy atom. The minimum absolute atomic E-state index is 0.212. The Morgan fingerprint density at radius 2 is 2.17 bits per heavy atom. The second-order valence-corrected chi connectivity index (χ2v) is 4.86. The van der Waals surface area contributed by atoms with Crippen molar-refractivity contribution in [3.63, 3.8) is 0 Å². The molecule has 0 aromatic carbocycles. The zero-order valence-corrected chi connectivity index (χ0v) is 10.5. The summed E-state index contributed by atoms with van der Waals surface area (Å²) in [5.41, 5.74) is 0.519. The average Bonchev–Trinajstić information content (AvgIpc) is 2.38. The van der Waals surface area contributed by atoms with Gasteiger partial charge in [-0.25, -0.2) is 9.37 Å². The van der Waals surface area contributed by atoms with E-state index in [-0.39, 0.29) is 12.7 Å². The summed E-state index contributed by atoms with van der Waals surface area (Å²) < 4.78 is 13.0. The van der Waals surface area contributed by atoms with Crippen LogP contribution in [0, 0.1) is 11.7 Å². The highest BCUT2D eigenvalue weighted by atomic mass is 19.1. The van der Waals surface area contributed by atoms with E-state index in [1.165, 1.54) is 12.3 Å². The monoisotopic (exact) mass is 254 g/mol. The van der Waals surface area contributed by atoms with E-state index in [9.17, 15) is 14.6 Å². The lowest BCUT2D eigenvalue weighted by Gasteiger charge is -2.34. The molecule has 0 spiro atoms. The summed E-state index contributed by atoms with van der Waals surface area (Å²) in [5.74, 6) is 0.545. The van der Waals surface area contributed by atoms with Crippen LogP contribution in [-0.4, -0.2) is 34.4 Å². The smallest absolute Gasteiger partial charge is 0.142 e. The van der Waals surface area contributed by atoms with E-state index in [0.717, 1.165) is 25.9 Å². The number of pyridine rings is 1. The summed E-state index contributed by atoms with van der Waals surface area (Å²) in [7, 11) is 0. The van der Waals surface area contributed by atoms with Gasteiger partial charge in [0.15, 0.2) is 0 Å². The molecule has 5 heteroatoms. The zero-order valence-electron chi connectivity index (χ0n) is 10.5. The maximum absolute atomic E-state index is 13.0. The van der Waals surface area contributed by atoms with Crippen LogP contribution in [0.25, 0.3) is 0 Å². The Hall–Kier alpha value is -1.20. The molecule has 2 rings (SSSR count). The lowest BCUT2D eigenvalue weighted by molar-refractivity contribution is 0.109. The molecule has 1 aliphatic heterocycles. The highest BCUT2D eigenvalue weighted by molar-refractivity contribution is 5.46. The highest BCUT2D eigenvalue weighted by Gasteiger charge is 2.24. The van der Waals surface area contributed by atoms with Gasteiger partial charge in [0, 0.05) is 18.7 Å². The number of aliphatic hydroxyl groups excluding tert-OH is 2. The molecule has 1 aromatic heterocycles. The van der Waals surface area contributed by atoms with Crippen molar-refractivity contribution < 1.29 is 14.6 Å². The minimum atomic E-state index is -0.429. The first-order valence-corrected chi connectivity index (χ1v) is 6.30. The Bertz CT molecular complexity index is 404. The minimum Gasteiger partial charge on any atom is -0.393 e. The topological polar surface area (TPSA) is 56.6 Å². The van der Waals surface area contributed by atoms with Gasteiger partial charge in [0.05, 0.1) is 18.9 Å². The first-order valence-electron chi connectivity index (χ1n) is 6.30. The molecule has 0 saturated carbocycles. The van der Waals surface area contributed by atoms with Gasteiger partial charge < -0.3 is 15.1 Å². The molecule has 1 aliphatic rings. The molecule has 1 atom stereocenters. The Labute approximate surface area is 106 Å². The number of aliphatic hydroxyl groups is 2. The third kappa shape index (κ3) is 2.79. The number of aromatic nitrogens is 1. The maximum atomic E-state index is 13.0. The summed E-state index contributed by atoms with van der Waals surface area (Å²) in [5, 5.41) is 18.8. The van der Waals surface area contributed by atoms with Crippen molar-refractivity contribution in [2.75, 3.05) is 18.0 Å². The number of anilines is 1. The first kappa shape index (κ1) is 13.2. The Balaban J connectivity index is 2.09. The number of hydrogen-bond donors (Lipinski definition) is 2. The van der Waals surface area contributed by atoms with Crippen LogP contribution in [0.1, 0.15) is 25.3 Å².